The zero-order valence-electron chi connectivity index (χ0n) is 15.5. The Hall–Kier alpha value is -2.24. The molecular weight excluding hydrogens is 316 g/mol. The van der Waals surface area contributed by atoms with Crippen molar-refractivity contribution >= 4 is 17.6 Å². The van der Waals surface area contributed by atoms with Crippen molar-refractivity contribution in [3.63, 3.8) is 0 Å². The predicted molar refractivity (Wildman–Crippen MR) is 101 cm³/mol. The number of nitrogens with zero attached hydrogens (tertiary/aromatic N) is 1. The number of hydrogen-bond acceptors (Lipinski definition) is 3. The molecule has 0 bridgehead atoms. The standard InChI is InChI=1S/C19H30N4O2/c1-19(2,3)17(24)20-11-12-21-18(25)23-13-7-10-16(14-23)22-15-8-5-4-6-9-15/h4-6,8-9,16,22H,7,10-14H2,1-3H3,(H,20,24)(H,21,25)/t16-/m1/s1. The molecule has 1 saturated heterocycles. The molecule has 6 nitrogen and oxygen atoms in total. The molecule has 1 aliphatic rings. The van der Waals surface area contributed by atoms with Crippen LogP contribution in [0.5, 0.6) is 0 Å². The highest BCUT2D eigenvalue weighted by Gasteiger charge is 2.24. The molecule has 1 heterocycles. The van der Waals surface area contributed by atoms with Crippen LogP contribution in [0.25, 0.3) is 0 Å². The van der Waals surface area contributed by atoms with Crippen molar-refractivity contribution in [2.24, 2.45) is 5.41 Å². The van der Waals surface area contributed by atoms with Gasteiger partial charge in [0.25, 0.3) is 0 Å². The molecule has 3 N–H and O–H groups in total. The lowest BCUT2D eigenvalue weighted by atomic mass is 9.96. The summed E-state index contributed by atoms with van der Waals surface area (Å²) in [5.74, 6) is -0.00755. The summed E-state index contributed by atoms with van der Waals surface area (Å²) >= 11 is 0. The summed E-state index contributed by atoms with van der Waals surface area (Å²) in [5.41, 5.74) is 0.673. The molecule has 0 aliphatic carbocycles. The molecule has 0 aromatic heterocycles. The van der Waals surface area contributed by atoms with Gasteiger partial charge >= 0.3 is 6.03 Å². The fourth-order valence-corrected chi connectivity index (χ4v) is 2.77. The molecule has 2 rings (SSSR count). The zero-order valence-corrected chi connectivity index (χ0v) is 15.5. The Morgan fingerprint density at radius 1 is 1.12 bits per heavy atom. The molecule has 0 spiro atoms. The van der Waals surface area contributed by atoms with Gasteiger partial charge < -0.3 is 20.9 Å². The van der Waals surface area contributed by atoms with Gasteiger partial charge in [0.1, 0.15) is 0 Å². The highest BCUT2D eigenvalue weighted by molar-refractivity contribution is 5.81. The number of anilines is 1. The van der Waals surface area contributed by atoms with Crippen LogP contribution in [-0.4, -0.2) is 49.1 Å². The van der Waals surface area contributed by atoms with Crippen molar-refractivity contribution in [3.8, 4) is 0 Å². The maximum Gasteiger partial charge on any atom is 0.317 e. The second-order valence-corrected chi connectivity index (χ2v) is 7.53. The SMILES string of the molecule is CC(C)(C)C(=O)NCCNC(=O)N1CCC[C@@H](Nc2ccccc2)C1. The first kappa shape index (κ1) is 19.1. The molecule has 1 aromatic rings. The number of likely N-dealkylation sites (tertiary alicyclic amines) is 1. The van der Waals surface area contributed by atoms with Gasteiger partial charge in [0.2, 0.25) is 5.91 Å². The number of carbonyl (C=O) groups is 2. The third-order valence-corrected chi connectivity index (χ3v) is 4.22. The molecule has 138 valence electrons. The van der Waals surface area contributed by atoms with Gasteiger partial charge in [-0.15, -0.1) is 0 Å². The van der Waals surface area contributed by atoms with Gasteiger partial charge in [-0.25, -0.2) is 4.79 Å². The van der Waals surface area contributed by atoms with E-state index in [1.165, 1.54) is 0 Å². The van der Waals surface area contributed by atoms with Crippen LogP contribution < -0.4 is 16.0 Å². The lowest BCUT2D eigenvalue weighted by molar-refractivity contribution is -0.128. The van der Waals surface area contributed by atoms with Crippen molar-refractivity contribution in [2.75, 3.05) is 31.5 Å². The van der Waals surface area contributed by atoms with E-state index in [2.05, 4.69) is 16.0 Å². The number of carbonyl (C=O) groups excluding carboxylic acids is 2. The number of nitrogens with one attached hydrogen (secondary N) is 3. The summed E-state index contributed by atoms with van der Waals surface area (Å²) in [6, 6.07) is 10.3. The summed E-state index contributed by atoms with van der Waals surface area (Å²) in [6.45, 7) is 7.95. The molecule has 25 heavy (non-hydrogen) atoms. The highest BCUT2D eigenvalue weighted by atomic mass is 16.2. The van der Waals surface area contributed by atoms with Gasteiger partial charge in [-0.1, -0.05) is 39.0 Å². The summed E-state index contributed by atoms with van der Waals surface area (Å²) in [5, 5.41) is 9.21. The Morgan fingerprint density at radius 3 is 2.48 bits per heavy atom. The van der Waals surface area contributed by atoms with Crippen LogP contribution in [-0.2, 0) is 4.79 Å². The molecule has 1 aromatic carbocycles. The Labute approximate surface area is 150 Å². The third kappa shape index (κ3) is 6.29. The van der Waals surface area contributed by atoms with Crippen molar-refractivity contribution in [1.82, 2.24) is 15.5 Å². The van der Waals surface area contributed by atoms with Crippen molar-refractivity contribution < 1.29 is 9.59 Å². The zero-order chi connectivity index (χ0) is 18.3. The molecule has 1 fully saturated rings. The Balaban J connectivity index is 1.71. The van der Waals surface area contributed by atoms with E-state index in [-0.39, 0.29) is 18.0 Å². The van der Waals surface area contributed by atoms with E-state index < -0.39 is 5.41 Å². The first-order valence-corrected chi connectivity index (χ1v) is 8.99. The summed E-state index contributed by atoms with van der Waals surface area (Å²) in [4.78, 5) is 25.9. The topological polar surface area (TPSA) is 73.5 Å². The predicted octanol–water partition coefficient (Wildman–Crippen LogP) is 2.43. The van der Waals surface area contributed by atoms with Gasteiger partial charge in [-0.05, 0) is 25.0 Å². The molecular formula is C19H30N4O2. The second-order valence-electron chi connectivity index (χ2n) is 7.53. The number of para-hydroxylation sites is 1. The van der Waals surface area contributed by atoms with E-state index in [4.69, 9.17) is 0 Å². The van der Waals surface area contributed by atoms with Gasteiger partial charge in [-0.3, -0.25) is 4.79 Å². The minimum Gasteiger partial charge on any atom is -0.381 e. The Morgan fingerprint density at radius 2 is 1.80 bits per heavy atom. The average Bonchev–Trinajstić information content (AvgIpc) is 2.58. The fraction of sp³-hybridized carbons (Fsp3) is 0.579. The first-order chi connectivity index (χ1) is 11.9. The van der Waals surface area contributed by atoms with Crippen LogP contribution >= 0.6 is 0 Å². The van der Waals surface area contributed by atoms with E-state index in [1.54, 1.807) is 0 Å². The lowest BCUT2D eigenvalue weighted by Gasteiger charge is -2.33. The highest BCUT2D eigenvalue weighted by Crippen LogP contribution is 2.16. The Kier molecular flexibility index (Phi) is 6.67. The molecule has 0 saturated carbocycles. The lowest BCUT2D eigenvalue weighted by Crippen LogP contribution is -2.50. The number of rotatable bonds is 5. The molecule has 6 heteroatoms. The van der Waals surface area contributed by atoms with E-state index in [9.17, 15) is 9.59 Å². The minimum atomic E-state index is -0.410. The smallest absolute Gasteiger partial charge is 0.317 e. The van der Waals surface area contributed by atoms with Gasteiger partial charge in [0.15, 0.2) is 0 Å². The van der Waals surface area contributed by atoms with Crippen LogP contribution in [0.15, 0.2) is 30.3 Å². The van der Waals surface area contributed by atoms with Crippen LogP contribution in [0.4, 0.5) is 10.5 Å². The summed E-state index contributed by atoms with van der Waals surface area (Å²) < 4.78 is 0. The van der Waals surface area contributed by atoms with Crippen molar-refractivity contribution in [1.29, 1.82) is 0 Å². The molecule has 1 atom stereocenters. The van der Waals surface area contributed by atoms with Gasteiger partial charge in [0.05, 0.1) is 0 Å². The number of urea groups is 1. The number of hydrogen-bond donors (Lipinski definition) is 3. The van der Waals surface area contributed by atoms with Crippen LogP contribution in [0, 0.1) is 5.41 Å². The van der Waals surface area contributed by atoms with Crippen LogP contribution in [0.3, 0.4) is 0 Å². The van der Waals surface area contributed by atoms with E-state index in [0.29, 0.717) is 19.6 Å². The third-order valence-electron chi connectivity index (χ3n) is 4.22. The van der Waals surface area contributed by atoms with Crippen molar-refractivity contribution in [2.45, 2.75) is 39.7 Å². The summed E-state index contributed by atoms with van der Waals surface area (Å²) in [6.07, 6.45) is 2.04. The number of benzene rings is 1. The van der Waals surface area contributed by atoms with E-state index in [0.717, 1.165) is 25.1 Å². The summed E-state index contributed by atoms with van der Waals surface area (Å²) in [7, 11) is 0. The first-order valence-electron chi connectivity index (χ1n) is 8.99. The largest absolute Gasteiger partial charge is 0.381 e. The second kappa shape index (κ2) is 8.74. The van der Waals surface area contributed by atoms with Crippen LogP contribution in [0.1, 0.15) is 33.6 Å². The molecule has 0 radical (unpaired) electrons. The molecule has 1 aliphatic heterocycles. The van der Waals surface area contributed by atoms with Crippen molar-refractivity contribution in [3.05, 3.63) is 30.3 Å². The molecule has 0 unspecified atom stereocenters. The maximum absolute atomic E-state index is 12.3. The van der Waals surface area contributed by atoms with Gasteiger partial charge in [-0.2, -0.15) is 0 Å². The fourth-order valence-electron chi connectivity index (χ4n) is 2.77. The average molecular weight is 346 g/mol. The Bertz CT molecular complexity index is 569. The quantitative estimate of drug-likeness (QED) is 0.717. The normalized spacial score (nSPS) is 17.7. The van der Waals surface area contributed by atoms with E-state index in [1.807, 2.05) is 56.0 Å². The van der Waals surface area contributed by atoms with E-state index >= 15 is 0 Å². The molecule has 3 amide bonds. The maximum atomic E-state index is 12.3. The van der Waals surface area contributed by atoms with Gasteiger partial charge in [0, 0.05) is 43.3 Å². The number of piperidine rings is 1. The monoisotopic (exact) mass is 346 g/mol. The number of amides is 3. The minimum absolute atomic E-state index is 0.00755. The van der Waals surface area contributed by atoms with Crippen LogP contribution in [0.2, 0.25) is 0 Å².